The number of esters is 1. The van der Waals surface area contributed by atoms with Gasteiger partial charge >= 0.3 is 5.97 Å². The second-order valence-corrected chi connectivity index (χ2v) is 10.5. The van der Waals surface area contributed by atoms with E-state index in [2.05, 4.69) is 0 Å². The maximum atomic E-state index is 13.0. The molecule has 14 heteroatoms. The van der Waals surface area contributed by atoms with Crippen LogP contribution in [-0.4, -0.2) is 120 Å². The lowest BCUT2D eigenvalue weighted by Crippen LogP contribution is -2.58. The van der Waals surface area contributed by atoms with E-state index in [1.165, 1.54) is 11.4 Å². The third kappa shape index (κ3) is 4.08. The maximum absolute atomic E-state index is 13.0. The monoisotopic (exact) mass is 504 g/mol. The summed E-state index contributed by atoms with van der Waals surface area (Å²) in [5.74, 6) is -2.35. The Hall–Kier alpha value is -2.20. The van der Waals surface area contributed by atoms with Gasteiger partial charge in [-0.2, -0.15) is 4.31 Å². The van der Waals surface area contributed by atoms with Gasteiger partial charge in [0.15, 0.2) is 17.6 Å². The summed E-state index contributed by atoms with van der Waals surface area (Å²) in [6.07, 6.45) is -5.85. The Kier molecular flexibility index (Phi) is 6.67. The zero-order chi connectivity index (χ0) is 24.9. The molecular weight excluding hydrogens is 476 g/mol. The predicted octanol–water partition coefficient (Wildman–Crippen LogP) is -2.12. The molecule has 5 atom stereocenters. The number of hydrogen-bond donors (Lipinski definition) is 5. The fourth-order valence-corrected chi connectivity index (χ4v) is 5.53. The third-order valence-corrected chi connectivity index (χ3v) is 7.83. The van der Waals surface area contributed by atoms with Crippen LogP contribution in [0.1, 0.15) is 27.6 Å². The molecular formula is C20H28N2O11S. The van der Waals surface area contributed by atoms with Gasteiger partial charge in [0.1, 0.15) is 24.4 Å². The highest BCUT2D eigenvalue weighted by Gasteiger charge is 2.53. The molecule has 3 heterocycles. The molecule has 0 bridgehead atoms. The number of phenols is 2. The number of hydrogen-bond acceptors (Lipinski definition) is 12. The van der Waals surface area contributed by atoms with Crippen molar-refractivity contribution in [2.75, 3.05) is 46.2 Å². The number of carbonyl (C=O) groups is 1. The van der Waals surface area contributed by atoms with E-state index >= 15 is 0 Å². The van der Waals surface area contributed by atoms with Crippen molar-refractivity contribution < 1.29 is 53.0 Å². The van der Waals surface area contributed by atoms with E-state index in [4.69, 9.17) is 14.2 Å². The van der Waals surface area contributed by atoms with Crippen molar-refractivity contribution >= 4 is 16.0 Å². The number of sulfonamides is 1. The molecule has 3 aliphatic rings. The van der Waals surface area contributed by atoms with Crippen molar-refractivity contribution in [2.45, 2.75) is 37.1 Å². The van der Waals surface area contributed by atoms with Gasteiger partial charge in [0.25, 0.3) is 0 Å². The molecule has 0 saturated carbocycles. The molecule has 13 nitrogen and oxygen atoms in total. The van der Waals surface area contributed by atoms with Gasteiger partial charge in [-0.3, -0.25) is 4.90 Å². The van der Waals surface area contributed by atoms with E-state index in [1.54, 1.807) is 0 Å². The van der Waals surface area contributed by atoms with Gasteiger partial charge in [-0.25, -0.2) is 13.2 Å². The Morgan fingerprint density at radius 3 is 2.29 bits per heavy atom. The summed E-state index contributed by atoms with van der Waals surface area (Å²) >= 11 is 0. The molecule has 3 aliphatic heterocycles. The van der Waals surface area contributed by atoms with Crippen LogP contribution in [0.2, 0.25) is 0 Å². The molecule has 0 unspecified atom stereocenters. The quantitative estimate of drug-likeness (QED) is 0.275. The fraction of sp³-hybridized carbons (Fsp3) is 0.650. The van der Waals surface area contributed by atoms with Gasteiger partial charge in [0.05, 0.1) is 25.5 Å². The molecule has 5 N–H and O–H groups in total. The van der Waals surface area contributed by atoms with Gasteiger partial charge in [-0.15, -0.1) is 0 Å². The van der Waals surface area contributed by atoms with Crippen molar-refractivity contribution in [2.24, 2.45) is 0 Å². The number of carbonyl (C=O) groups excluding carboxylic acids is 1. The lowest BCUT2D eigenvalue weighted by atomic mass is 9.84. The number of phenolic OH excluding ortho intramolecular Hbond substituents is 2. The second kappa shape index (κ2) is 9.11. The summed E-state index contributed by atoms with van der Waals surface area (Å²) in [5.41, 5.74) is -0.196. The summed E-state index contributed by atoms with van der Waals surface area (Å²) in [4.78, 5) is 14.8. The smallest absolute Gasteiger partial charge is 0.339 e. The van der Waals surface area contributed by atoms with Gasteiger partial charge in [-0.1, -0.05) is 0 Å². The first-order valence-electron chi connectivity index (χ1n) is 10.6. The topological polar surface area (TPSA) is 187 Å². The molecule has 2 saturated heterocycles. The number of fused-ring (bicyclic) bond motifs is 3. The van der Waals surface area contributed by atoms with Crippen LogP contribution in [0.4, 0.5) is 0 Å². The van der Waals surface area contributed by atoms with Crippen molar-refractivity contribution in [1.82, 2.24) is 9.21 Å². The van der Waals surface area contributed by atoms with Crippen LogP contribution in [0.15, 0.2) is 0 Å². The Morgan fingerprint density at radius 2 is 1.74 bits per heavy atom. The molecule has 1 aromatic carbocycles. The normalized spacial score (nSPS) is 30.4. The van der Waals surface area contributed by atoms with Crippen LogP contribution in [0.25, 0.3) is 0 Å². The maximum Gasteiger partial charge on any atom is 0.339 e. The lowest BCUT2D eigenvalue weighted by molar-refractivity contribution is -0.235. The Labute approximate surface area is 195 Å². The number of benzene rings is 1. The molecule has 2 fully saturated rings. The van der Waals surface area contributed by atoms with Crippen LogP contribution in [-0.2, 0) is 26.0 Å². The second-order valence-electron chi connectivity index (χ2n) is 8.56. The minimum absolute atomic E-state index is 0.00347. The first-order chi connectivity index (χ1) is 16.0. The van der Waals surface area contributed by atoms with Gasteiger partial charge in [-0.05, 0) is 0 Å². The zero-order valence-corrected chi connectivity index (χ0v) is 19.4. The average Bonchev–Trinajstić information content (AvgIpc) is 2.79. The largest absolute Gasteiger partial charge is 0.504 e. The molecule has 4 rings (SSSR count). The standard InChI is InChI=1S/C20H28N2O11S/c1-31-18-13(24)9(7-21-3-5-22(6-4-21)34(2,29)30)11-12(15(18)26)17-19(33-20(11)28)16(27)14(25)10(8-23)32-17/h10,14,16-17,19,23-27H,3-8H2,1-2H3/t10-,14-,16+,17-,19+/m1/s1. The summed E-state index contributed by atoms with van der Waals surface area (Å²) < 4.78 is 41.1. The van der Waals surface area contributed by atoms with Crippen LogP contribution < -0.4 is 4.74 Å². The SMILES string of the molecule is COc1c(O)c(CN2CCN(S(C)(=O)=O)CC2)c2c(c1O)[C@H]1O[C@H](CO)[C@@H](O)[C@H](O)[C@@H]1OC2=O. The van der Waals surface area contributed by atoms with E-state index in [1.807, 2.05) is 4.90 Å². The van der Waals surface area contributed by atoms with E-state index < -0.39 is 64.6 Å². The molecule has 0 aromatic heterocycles. The Morgan fingerprint density at radius 1 is 1.09 bits per heavy atom. The minimum Gasteiger partial charge on any atom is -0.504 e. The molecule has 1 aromatic rings. The van der Waals surface area contributed by atoms with E-state index in [0.29, 0.717) is 13.1 Å². The van der Waals surface area contributed by atoms with Crippen molar-refractivity contribution in [3.05, 3.63) is 16.7 Å². The van der Waals surface area contributed by atoms with Gasteiger partial charge < -0.3 is 39.7 Å². The molecule has 0 amide bonds. The van der Waals surface area contributed by atoms with Crippen LogP contribution in [0.3, 0.4) is 0 Å². The number of aromatic hydroxyl groups is 2. The van der Waals surface area contributed by atoms with Crippen molar-refractivity contribution in [1.29, 1.82) is 0 Å². The summed E-state index contributed by atoms with van der Waals surface area (Å²) in [5, 5.41) is 51.9. The zero-order valence-electron chi connectivity index (χ0n) is 18.6. The minimum atomic E-state index is -3.35. The lowest BCUT2D eigenvalue weighted by Gasteiger charge is -2.45. The number of aliphatic hydroxyl groups is 3. The van der Waals surface area contributed by atoms with Crippen LogP contribution >= 0.6 is 0 Å². The number of nitrogens with zero attached hydrogens (tertiary/aromatic N) is 2. The highest BCUT2D eigenvalue weighted by atomic mass is 32.2. The Balaban J connectivity index is 1.75. The van der Waals surface area contributed by atoms with Crippen molar-refractivity contribution in [3.63, 3.8) is 0 Å². The van der Waals surface area contributed by atoms with Crippen LogP contribution in [0.5, 0.6) is 17.2 Å². The molecule has 34 heavy (non-hydrogen) atoms. The highest BCUT2D eigenvalue weighted by Crippen LogP contribution is 2.52. The van der Waals surface area contributed by atoms with E-state index in [0.717, 1.165) is 6.26 Å². The Bertz CT molecular complexity index is 1070. The van der Waals surface area contributed by atoms with E-state index in [9.17, 15) is 38.7 Å². The van der Waals surface area contributed by atoms with Crippen LogP contribution in [0, 0.1) is 0 Å². The predicted molar refractivity (Wildman–Crippen MR) is 114 cm³/mol. The molecule has 0 spiro atoms. The first-order valence-corrected chi connectivity index (χ1v) is 12.5. The first kappa shape index (κ1) is 24.9. The molecule has 0 aliphatic carbocycles. The van der Waals surface area contributed by atoms with Crippen molar-refractivity contribution in [3.8, 4) is 17.2 Å². The number of rotatable bonds is 5. The molecule has 0 radical (unpaired) electrons. The summed E-state index contributed by atoms with van der Waals surface area (Å²) in [6.45, 7) is 0.440. The number of ether oxygens (including phenoxy) is 3. The number of methoxy groups -OCH3 is 1. The van der Waals surface area contributed by atoms with Gasteiger partial charge in [0, 0.05) is 43.9 Å². The average molecular weight is 505 g/mol. The number of aliphatic hydroxyl groups excluding tert-OH is 3. The fourth-order valence-electron chi connectivity index (χ4n) is 4.71. The van der Waals surface area contributed by atoms with E-state index in [-0.39, 0.29) is 42.1 Å². The highest BCUT2D eigenvalue weighted by molar-refractivity contribution is 7.88. The van der Waals surface area contributed by atoms with Gasteiger partial charge in [0.2, 0.25) is 15.8 Å². The summed E-state index contributed by atoms with van der Waals surface area (Å²) in [6, 6.07) is 0. The third-order valence-electron chi connectivity index (χ3n) is 6.53. The molecule has 190 valence electrons. The summed E-state index contributed by atoms with van der Waals surface area (Å²) in [7, 11) is -2.14. The number of piperazine rings is 1.